The van der Waals surface area contributed by atoms with Gasteiger partial charge in [0.1, 0.15) is 5.75 Å². The minimum Gasteiger partial charge on any atom is -0.497 e. The Balaban J connectivity index is 2.08. The summed E-state index contributed by atoms with van der Waals surface area (Å²) in [5, 5.41) is 2.55. The zero-order chi connectivity index (χ0) is 13.1. The molecule has 3 amide bonds. The molecule has 1 saturated heterocycles. The molecule has 0 aliphatic carbocycles. The fourth-order valence-electron chi connectivity index (χ4n) is 2.02. The predicted molar refractivity (Wildman–Crippen MR) is 66.5 cm³/mol. The molecule has 1 atom stereocenters. The van der Waals surface area contributed by atoms with E-state index < -0.39 is 6.03 Å². The minimum absolute atomic E-state index is 0.0288. The van der Waals surface area contributed by atoms with Crippen LogP contribution in [-0.4, -0.2) is 31.6 Å². The minimum atomic E-state index is -0.607. The standard InChI is InChI=1S/C12H15N3O3/c1-18-10-4-2-9(3-5-10)15-7-8(6-11(15)16)14-12(13)17/h2-5,8H,6-7H2,1H3,(H3,13,14,17)/t8-/m0/s1. The molecule has 1 aromatic carbocycles. The van der Waals surface area contributed by atoms with Crippen LogP contribution in [0.25, 0.3) is 0 Å². The van der Waals surface area contributed by atoms with Gasteiger partial charge < -0.3 is 20.7 Å². The summed E-state index contributed by atoms with van der Waals surface area (Å²) in [6, 6.07) is 6.36. The summed E-state index contributed by atoms with van der Waals surface area (Å²) in [5.41, 5.74) is 5.83. The molecule has 18 heavy (non-hydrogen) atoms. The number of benzene rings is 1. The molecule has 1 fully saturated rings. The highest BCUT2D eigenvalue weighted by Gasteiger charge is 2.31. The molecule has 6 heteroatoms. The Bertz CT molecular complexity index is 458. The largest absolute Gasteiger partial charge is 0.497 e. The van der Waals surface area contributed by atoms with E-state index in [0.29, 0.717) is 6.54 Å². The molecule has 3 N–H and O–H groups in total. The van der Waals surface area contributed by atoms with E-state index in [4.69, 9.17) is 10.5 Å². The van der Waals surface area contributed by atoms with Gasteiger partial charge in [-0.2, -0.15) is 0 Å². The maximum Gasteiger partial charge on any atom is 0.312 e. The van der Waals surface area contributed by atoms with Crippen molar-refractivity contribution in [2.45, 2.75) is 12.5 Å². The number of carbonyl (C=O) groups is 2. The van der Waals surface area contributed by atoms with Gasteiger partial charge in [0.2, 0.25) is 5.91 Å². The second-order valence-corrected chi connectivity index (χ2v) is 4.11. The van der Waals surface area contributed by atoms with Gasteiger partial charge >= 0.3 is 6.03 Å². The summed E-state index contributed by atoms with van der Waals surface area (Å²) >= 11 is 0. The Hall–Kier alpha value is -2.24. The van der Waals surface area contributed by atoms with Crippen molar-refractivity contribution in [1.82, 2.24) is 5.32 Å². The highest BCUT2D eigenvalue weighted by atomic mass is 16.5. The van der Waals surface area contributed by atoms with Crippen LogP contribution in [0.15, 0.2) is 24.3 Å². The van der Waals surface area contributed by atoms with Gasteiger partial charge in [-0.05, 0) is 24.3 Å². The molecule has 0 spiro atoms. The third-order valence-electron chi connectivity index (χ3n) is 2.86. The number of ether oxygens (including phenoxy) is 1. The molecule has 0 bridgehead atoms. The molecule has 0 aromatic heterocycles. The van der Waals surface area contributed by atoms with Crippen LogP contribution in [0.1, 0.15) is 6.42 Å². The van der Waals surface area contributed by atoms with Gasteiger partial charge in [0, 0.05) is 18.7 Å². The Morgan fingerprint density at radius 3 is 2.67 bits per heavy atom. The van der Waals surface area contributed by atoms with Crippen molar-refractivity contribution < 1.29 is 14.3 Å². The summed E-state index contributed by atoms with van der Waals surface area (Å²) < 4.78 is 5.06. The van der Waals surface area contributed by atoms with E-state index in [2.05, 4.69) is 5.32 Å². The van der Waals surface area contributed by atoms with Crippen LogP contribution < -0.4 is 20.7 Å². The molecule has 0 unspecified atom stereocenters. The molecule has 96 valence electrons. The van der Waals surface area contributed by atoms with Crippen molar-refractivity contribution >= 4 is 17.6 Å². The van der Waals surface area contributed by atoms with E-state index >= 15 is 0 Å². The Morgan fingerprint density at radius 1 is 1.44 bits per heavy atom. The molecule has 1 heterocycles. The average Bonchev–Trinajstić information content (AvgIpc) is 2.69. The van der Waals surface area contributed by atoms with Gasteiger partial charge in [-0.3, -0.25) is 4.79 Å². The van der Waals surface area contributed by atoms with Crippen molar-refractivity contribution in [3.63, 3.8) is 0 Å². The number of nitrogens with one attached hydrogen (secondary N) is 1. The summed E-state index contributed by atoms with van der Waals surface area (Å²) in [7, 11) is 1.59. The second kappa shape index (κ2) is 4.95. The summed E-state index contributed by atoms with van der Waals surface area (Å²) in [6.45, 7) is 0.439. The van der Waals surface area contributed by atoms with E-state index in [1.807, 2.05) is 12.1 Å². The van der Waals surface area contributed by atoms with Crippen LogP contribution in [0.5, 0.6) is 5.75 Å². The van der Waals surface area contributed by atoms with Crippen LogP contribution >= 0.6 is 0 Å². The second-order valence-electron chi connectivity index (χ2n) is 4.11. The third-order valence-corrected chi connectivity index (χ3v) is 2.86. The molecule has 0 saturated carbocycles. The lowest BCUT2D eigenvalue weighted by molar-refractivity contribution is -0.117. The van der Waals surface area contributed by atoms with E-state index in [9.17, 15) is 9.59 Å². The predicted octanol–water partition coefficient (Wildman–Crippen LogP) is 0.469. The first kappa shape index (κ1) is 12.2. The first-order valence-corrected chi connectivity index (χ1v) is 5.60. The SMILES string of the molecule is COc1ccc(N2C[C@@H](NC(N)=O)CC2=O)cc1. The van der Waals surface area contributed by atoms with E-state index in [0.717, 1.165) is 11.4 Å². The van der Waals surface area contributed by atoms with Gasteiger partial charge in [0.05, 0.1) is 13.2 Å². The first-order chi connectivity index (χ1) is 8.60. The number of nitrogens with zero attached hydrogens (tertiary/aromatic N) is 1. The number of anilines is 1. The zero-order valence-electron chi connectivity index (χ0n) is 10.1. The molecule has 1 aliphatic rings. The molecular weight excluding hydrogens is 234 g/mol. The first-order valence-electron chi connectivity index (χ1n) is 5.60. The number of hydrogen-bond donors (Lipinski definition) is 2. The fourth-order valence-corrected chi connectivity index (χ4v) is 2.02. The monoisotopic (exact) mass is 249 g/mol. The van der Waals surface area contributed by atoms with Crippen molar-refractivity contribution in [2.24, 2.45) is 5.73 Å². The van der Waals surface area contributed by atoms with Crippen LogP contribution in [0, 0.1) is 0 Å². The van der Waals surface area contributed by atoms with Gasteiger partial charge in [0.15, 0.2) is 0 Å². The summed E-state index contributed by atoms with van der Waals surface area (Å²) in [6.07, 6.45) is 0.273. The van der Waals surface area contributed by atoms with E-state index in [1.54, 1.807) is 24.1 Å². The summed E-state index contributed by atoms with van der Waals surface area (Å²) in [4.78, 5) is 24.2. The van der Waals surface area contributed by atoms with E-state index in [-0.39, 0.29) is 18.4 Å². The number of rotatable bonds is 3. The number of amides is 3. The Kier molecular flexibility index (Phi) is 3.36. The van der Waals surface area contributed by atoms with Crippen molar-refractivity contribution in [3.05, 3.63) is 24.3 Å². The highest BCUT2D eigenvalue weighted by Crippen LogP contribution is 2.23. The summed E-state index contributed by atoms with van der Waals surface area (Å²) in [5.74, 6) is 0.705. The van der Waals surface area contributed by atoms with Crippen LogP contribution in [0.3, 0.4) is 0 Å². The maximum absolute atomic E-state index is 11.8. The van der Waals surface area contributed by atoms with Crippen LogP contribution in [0.4, 0.5) is 10.5 Å². The highest BCUT2D eigenvalue weighted by molar-refractivity contribution is 5.96. The number of methoxy groups -OCH3 is 1. The quantitative estimate of drug-likeness (QED) is 0.816. The molecular formula is C12H15N3O3. The lowest BCUT2D eigenvalue weighted by atomic mass is 10.2. The maximum atomic E-state index is 11.8. The fraction of sp³-hybridized carbons (Fsp3) is 0.333. The van der Waals surface area contributed by atoms with Gasteiger partial charge in [-0.15, -0.1) is 0 Å². The van der Waals surface area contributed by atoms with Crippen LogP contribution in [0.2, 0.25) is 0 Å². The molecule has 1 aromatic rings. The average molecular weight is 249 g/mol. The smallest absolute Gasteiger partial charge is 0.312 e. The number of urea groups is 1. The number of carbonyl (C=O) groups excluding carboxylic acids is 2. The topological polar surface area (TPSA) is 84.7 Å². The van der Waals surface area contributed by atoms with Crippen molar-refractivity contribution in [2.75, 3.05) is 18.6 Å². The van der Waals surface area contributed by atoms with Crippen LogP contribution in [-0.2, 0) is 4.79 Å². The zero-order valence-corrected chi connectivity index (χ0v) is 10.1. The van der Waals surface area contributed by atoms with Gasteiger partial charge in [-0.25, -0.2) is 4.79 Å². The molecule has 2 rings (SSSR count). The number of hydrogen-bond acceptors (Lipinski definition) is 3. The lowest BCUT2D eigenvalue weighted by Crippen LogP contribution is -2.40. The van der Waals surface area contributed by atoms with Crippen molar-refractivity contribution in [3.8, 4) is 5.75 Å². The van der Waals surface area contributed by atoms with Gasteiger partial charge in [-0.1, -0.05) is 0 Å². The lowest BCUT2D eigenvalue weighted by Gasteiger charge is -2.17. The van der Waals surface area contributed by atoms with Gasteiger partial charge in [0.25, 0.3) is 0 Å². The van der Waals surface area contributed by atoms with Crippen molar-refractivity contribution in [1.29, 1.82) is 0 Å². The normalized spacial score (nSPS) is 18.8. The Labute approximate surface area is 105 Å². The molecule has 6 nitrogen and oxygen atoms in total. The molecule has 0 radical (unpaired) electrons. The van der Waals surface area contributed by atoms with E-state index in [1.165, 1.54) is 0 Å². The number of nitrogens with two attached hydrogens (primary N) is 1. The number of primary amides is 1. The molecule has 1 aliphatic heterocycles. The Morgan fingerprint density at radius 2 is 2.11 bits per heavy atom. The third kappa shape index (κ3) is 2.53.